The van der Waals surface area contributed by atoms with Gasteiger partial charge in [0.2, 0.25) is 0 Å². The van der Waals surface area contributed by atoms with Gasteiger partial charge in [0, 0.05) is 19.6 Å². The van der Waals surface area contributed by atoms with E-state index in [4.69, 9.17) is 17.3 Å². The number of nitrogens with two attached hydrogens (primary N) is 1. The number of hydrogen-bond acceptors (Lipinski definition) is 4. The van der Waals surface area contributed by atoms with Gasteiger partial charge in [0.1, 0.15) is 0 Å². The first-order chi connectivity index (χ1) is 9.13. The number of methoxy groups -OCH3 is 1. The molecule has 2 rings (SSSR count). The normalized spacial score (nSPS) is 18.5. The fourth-order valence-corrected chi connectivity index (χ4v) is 2.58. The van der Waals surface area contributed by atoms with Crippen LogP contribution in [0, 0.1) is 0 Å². The van der Waals surface area contributed by atoms with Gasteiger partial charge in [-0.25, -0.2) is 4.79 Å². The van der Waals surface area contributed by atoms with Crippen LogP contribution >= 0.6 is 11.6 Å². The Morgan fingerprint density at radius 1 is 1.63 bits per heavy atom. The molecule has 1 aliphatic heterocycles. The summed E-state index contributed by atoms with van der Waals surface area (Å²) < 4.78 is 4.60. The van der Waals surface area contributed by atoms with Crippen molar-refractivity contribution in [3.63, 3.8) is 0 Å². The zero-order chi connectivity index (χ0) is 13.8. The molecule has 104 valence electrons. The molecule has 3 N–H and O–H groups in total. The van der Waals surface area contributed by atoms with E-state index in [1.165, 1.54) is 7.11 Å². The first-order valence-electron chi connectivity index (χ1n) is 6.22. The summed E-state index contributed by atoms with van der Waals surface area (Å²) in [6, 6.07) is 5.93. The Morgan fingerprint density at radius 2 is 2.42 bits per heavy atom. The lowest BCUT2D eigenvalue weighted by molar-refractivity contribution is 0.167. The van der Waals surface area contributed by atoms with Gasteiger partial charge >= 0.3 is 6.09 Å². The number of nitrogens with one attached hydrogen (secondary N) is 1. The molecule has 1 heterocycles. The number of amides is 1. The molecule has 0 bridgehead atoms. The summed E-state index contributed by atoms with van der Waals surface area (Å²) in [4.78, 5) is 13.3. The summed E-state index contributed by atoms with van der Waals surface area (Å²) in [6.07, 6.45) is 0.487. The maximum Gasteiger partial charge on any atom is 0.407 e. The molecule has 1 unspecified atom stereocenters. The molecule has 0 aromatic heterocycles. The number of carbonyl (C=O) groups is 1. The van der Waals surface area contributed by atoms with E-state index in [0.29, 0.717) is 11.6 Å². The minimum atomic E-state index is -0.392. The lowest BCUT2D eigenvalue weighted by atomic mass is 10.2. The number of halogens is 1. The van der Waals surface area contributed by atoms with Crippen LogP contribution in [0.3, 0.4) is 0 Å². The van der Waals surface area contributed by atoms with Crippen molar-refractivity contribution in [3.05, 3.63) is 28.8 Å². The predicted octanol–water partition coefficient (Wildman–Crippen LogP) is 1.73. The van der Waals surface area contributed by atoms with E-state index in [1.54, 1.807) is 0 Å². The first kappa shape index (κ1) is 14.0. The monoisotopic (exact) mass is 283 g/mol. The van der Waals surface area contributed by atoms with Gasteiger partial charge in [0.05, 0.1) is 23.9 Å². The highest BCUT2D eigenvalue weighted by molar-refractivity contribution is 6.33. The molecule has 0 aliphatic carbocycles. The number of benzene rings is 1. The average molecular weight is 284 g/mol. The number of hydrogen-bond donors (Lipinski definition) is 2. The van der Waals surface area contributed by atoms with Gasteiger partial charge in [0.15, 0.2) is 0 Å². The van der Waals surface area contributed by atoms with E-state index >= 15 is 0 Å². The van der Waals surface area contributed by atoms with Gasteiger partial charge in [-0.05, 0) is 24.1 Å². The van der Waals surface area contributed by atoms with E-state index in [9.17, 15) is 4.79 Å². The lowest BCUT2D eigenvalue weighted by Gasteiger charge is -2.20. The van der Waals surface area contributed by atoms with E-state index in [-0.39, 0.29) is 6.04 Å². The van der Waals surface area contributed by atoms with E-state index in [1.807, 2.05) is 18.2 Å². The summed E-state index contributed by atoms with van der Waals surface area (Å²) >= 11 is 6.26. The highest BCUT2D eigenvalue weighted by Crippen LogP contribution is 2.29. The minimum absolute atomic E-state index is 0.0951. The van der Waals surface area contributed by atoms with Crippen molar-refractivity contribution < 1.29 is 9.53 Å². The van der Waals surface area contributed by atoms with Crippen molar-refractivity contribution in [2.24, 2.45) is 5.73 Å². The van der Waals surface area contributed by atoms with Crippen LogP contribution in [-0.2, 0) is 11.3 Å². The molecular weight excluding hydrogens is 266 g/mol. The van der Waals surface area contributed by atoms with Crippen molar-refractivity contribution in [1.82, 2.24) is 5.32 Å². The third-order valence-corrected chi connectivity index (χ3v) is 3.59. The number of rotatable bonds is 3. The molecule has 0 saturated carbocycles. The number of alkyl carbamates (subject to hydrolysis) is 1. The third-order valence-electron chi connectivity index (χ3n) is 3.28. The van der Waals surface area contributed by atoms with E-state index < -0.39 is 6.09 Å². The highest BCUT2D eigenvalue weighted by Gasteiger charge is 2.25. The van der Waals surface area contributed by atoms with E-state index in [2.05, 4.69) is 15.0 Å². The second kappa shape index (κ2) is 6.12. The van der Waals surface area contributed by atoms with Gasteiger partial charge in [-0.1, -0.05) is 17.7 Å². The second-order valence-electron chi connectivity index (χ2n) is 4.56. The fourth-order valence-electron chi connectivity index (χ4n) is 2.26. The first-order valence-corrected chi connectivity index (χ1v) is 6.59. The molecule has 0 spiro atoms. The number of nitrogens with zero attached hydrogens (tertiary/aromatic N) is 1. The number of carbonyl (C=O) groups excluding carboxylic acids is 1. The number of anilines is 1. The van der Waals surface area contributed by atoms with Crippen LogP contribution in [0.1, 0.15) is 12.0 Å². The van der Waals surface area contributed by atoms with Gasteiger partial charge in [-0.3, -0.25) is 0 Å². The SMILES string of the molecule is COC(=O)NC1CCN(c2ccc(CN)cc2Cl)C1. The molecule has 1 atom stereocenters. The van der Waals surface area contributed by atoms with Gasteiger partial charge in [0.25, 0.3) is 0 Å². The van der Waals surface area contributed by atoms with Crippen molar-refractivity contribution in [2.45, 2.75) is 19.0 Å². The fraction of sp³-hybridized carbons (Fsp3) is 0.462. The van der Waals surface area contributed by atoms with E-state index in [0.717, 1.165) is 30.8 Å². The van der Waals surface area contributed by atoms with Crippen LogP contribution in [-0.4, -0.2) is 32.3 Å². The Hall–Kier alpha value is -1.46. The minimum Gasteiger partial charge on any atom is -0.453 e. The largest absolute Gasteiger partial charge is 0.453 e. The summed E-state index contributed by atoms with van der Waals surface area (Å²) in [6.45, 7) is 2.07. The van der Waals surface area contributed by atoms with Crippen LogP contribution in [0.15, 0.2) is 18.2 Å². The van der Waals surface area contributed by atoms with Gasteiger partial charge in [-0.15, -0.1) is 0 Å². The summed E-state index contributed by atoms with van der Waals surface area (Å²) in [5, 5.41) is 3.50. The average Bonchev–Trinajstić information content (AvgIpc) is 2.86. The molecule has 1 aliphatic rings. The van der Waals surface area contributed by atoms with Crippen LogP contribution < -0.4 is 16.0 Å². The molecule has 19 heavy (non-hydrogen) atoms. The Labute approximate surface area is 117 Å². The molecule has 1 aromatic carbocycles. The quantitative estimate of drug-likeness (QED) is 0.887. The summed E-state index contributed by atoms with van der Waals surface area (Å²) in [5.74, 6) is 0. The van der Waals surface area contributed by atoms with Crippen LogP contribution in [0.25, 0.3) is 0 Å². The van der Waals surface area contributed by atoms with Crippen molar-refractivity contribution in [2.75, 3.05) is 25.1 Å². The van der Waals surface area contributed by atoms with Crippen LogP contribution in [0.4, 0.5) is 10.5 Å². The maximum absolute atomic E-state index is 11.2. The predicted molar refractivity (Wildman–Crippen MR) is 75.5 cm³/mol. The van der Waals surface area contributed by atoms with Crippen LogP contribution in [0.5, 0.6) is 0 Å². The van der Waals surface area contributed by atoms with Crippen molar-refractivity contribution in [3.8, 4) is 0 Å². The molecule has 0 radical (unpaired) electrons. The zero-order valence-electron chi connectivity index (χ0n) is 10.9. The second-order valence-corrected chi connectivity index (χ2v) is 4.96. The maximum atomic E-state index is 11.2. The molecular formula is C13H18ClN3O2. The molecule has 1 aromatic rings. The molecule has 1 amide bonds. The Balaban J connectivity index is 2.02. The third kappa shape index (κ3) is 3.30. The molecule has 6 heteroatoms. The molecule has 1 saturated heterocycles. The Morgan fingerprint density at radius 3 is 3.05 bits per heavy atom. The topological polar surface area (TPSA) is 67.6 Å². The lowest BCUT2D eigenvalue weighted by Crippen LogP contribution is -2.37. The smallest absolute Gasteiger partial charge is 0.407 e. The van der Waals surface area contributed by atoms with Gasteiger partial charge < -0.3 is 20.7 Å². The highest BCUT2D eigenvalue weighted by atomic mass is 35.5. The van der Waals surface area contributed by atoms with Crippen LogP contribution in [0.2, 0.25) is 5.02 Å². The Bertz CT molecular complexity index is 467. The Kier molecular flexibility index (Phi) is 4.50. The van der Waals surface area contributed by atoms with Gasteiger partial charge in [-0.2, -0.15) is 0 Å². The summed E-state index contributed by atoms with van der Waals surface area (Å²) in [5.41, 5.74) is 7.57. The zero-order valence-corrected chi connectivity index (χ0v) is 11.6. The summed E-state index contributed by atoms with van der Waals surface area (Å²) in [7, 11) is 1.37. The van der Waals surface area contributed by atoms with Crippen molar-refractivity contribution >= 4 is 23.4 Å². The molecule has 1 fully saturated rings. The van der Waals surface area contributed by atoms with Crippen molar-refractivity contribution in [1.29, 1.82) is 0 Å². The number of ether oxygens (including phenoxy) is 1. The standard InChI is InChI=1S/C13H18ClN3O2/c1-19-13(18)16-10-4-5-17(8-10)12-3-2-9(7-15)6-11(12)14/h2-3,6,10H,4-5,7-8,15H2,1H3,(H,16,18). The molecule has 5 nitrogen and oxygen atoms in total.